The number of hydrogen-bond donors (Lipinski definition) is 2. The van der Waals surface area contributed by atoms with Crippen molar-refractivity contribution in [1.82, 2.24) is 0 Å². The van der Waals surface area contributed by atoms with Crippen molar-refractivity contribution in [3.63, 3.8) is 0 Å². The van der Waals surface area contributed by atoms with Crippen molar-refractivity contribution in [3.8, 4) is 0 Å². The molecule has 2 N–H and O–H groups in total. The van der Waals surface area contributed by atoms with E-state index in [2.05, 4.69) is 5.32 Å². The van der Waals surface area contributed by atoms with Gasteiger partial charge in [0.2, 0.25) is 0 Å². The zero-order valence-electron chi connectivity index (χ0n) is 16.7. The fourth-order valence-corrected chi connectivity index (χ4v) is 4.22. The summed E-state index contributed by atoms with van der Waals surface area (Å²) < 4.78 is 0. The molecule has 3 aromatic rings. The lowest BCUT2D eigenvalue weighted by Gasteiger charge is -2.33. The van der Waals surface area contributed by atoms with Gasteiger partial charge in [-0.2, -0.15) is 0 Å². The van der Waals surface area contributed by atoms with Crippen molar-refractivity contribution in [3.05, 3.63) is 93.5 Å². The van der Waals surface area contributed by atoms with E-state index in [0.29, 0.717) is 39.0 Å². The Bertz CT molecular complexity index is 1190. The molecule has 0 fully saturated rings. The van der Waals surface area contributed by atoms with E-state index in [0.717, 1.165) is 5.56 Å². The van der Waals surface area contributed by atoms with Crippen molar-refractivity contribution < 1.29 is 19.5 Å². The normalized spacial score (nSPS) is 15.1. The lowest BCUT2D eigenvalue weighted by Crippen LogP contribution is -2.42. The summed E-state index contributed by atoms with van der Waals surface area (Å²) in [5.41, 5.74) is 2.72. The molecule has 0 bridgehead atoms. The monoisotopic (exact) mass is 468 g/mol. The van der Waals surface area contributed by atoms with Crippen LogP contribution in [-0.2, 0) is 11.2 Å². The molecule has 6 nitrogen and oxygen atoms in total. The Morgan fingerprint density at radius 3 is 2.22 bits per heavy atom. The molecule has 8 heteroatoms. The third-order valence-electron chi connectivity index (χ3n) is 5.26. The van der Waals surface area contributed by atoms with Crippen molar-refractivity contribution in [2.24, 2.45) is 5.92 Å². The minimum Gasteiger partial charge on any atom is -0.481 e. The molecule has 0 saturated carbocycles. The first-order valence-corrected chi connectivity index (χ1v) is 10.6. The van der Waals surface area contributed by atoms with E-state index in [-0.39, 0.29) is 18.4 Å². The molecule has 0 saturated heterocycles. The predicted molar refractivity (Wildman–Crippen MR) is 124 cm³/mol. The summed E-state index contributed by atoms with van der Waals surface area (Å²) in [6, 6.07) is 18.3. The number of rotatable bonds is 4. The number of halogens is 2. The minimum absolute atomic E-state index is 0.0964. The largest absolute Gasteiger partial charge is 0.481 e. The number of benzene rings is 3. The van der Waals surface area contributed by atoms with Crippen LogP contribution >= 0.6 is 23.2 Å². The molecule has 0 spiro atoms. The number of hydrogen-bond acceptors (Lipinski definition) is 3. The average molecular weight is 469 g/mol. The number of carboxylic acids is 1. The van der Waals surface area contributed by atoms with Gasteiger partial charge in [0.05, 0.1) is 5.92 Å². The summed E-state index contributed by atoms with van der Waals surface area (Å²) in [7, 11) is 0. The zero-order chi connectivity index (χ0) is 22.8. The molecule has 4 rings (SSSR count). The number of amides is 2. The Balaban J connectivity index is 1.53. The summed E-state index contributed by atoms with van der Waals surface area (Å²) in [6.45, 7) is 0.0964. The van der Waals surface area contributed by atoms with Crippen LogP contribution in [0.1, 0.15) is 26.3 Å². The van der Waals surface area contributed by atoms with Gasteiger partial charge in [-0.1, -0.05) is 41.4 Å². The van der Waals surface area contributed by atoms with Gasteiger partial charge in [-0.05, 0) is 60.5 Å². The lowest BCUT2D eigenvalue weighted by molar-refractivity contribution is -0.141. The molecule has 162 valence electrons. The van der Waals surface area contributed by atoms with Crippen molar-refractivity contribution in [2.45, 2.75) is 6.42 Å². The molecular formula is C24H18Cl2N2O4. The Morgan fingerprint density at radius 1 is 0.906 bits per heavy atom. The summed E-state index contributed by atoms with van der Waals surface area (Å²) in [6.07, 6.45) is 0.383. The second-order valence-corrected chi connectivity index (χ2v) is 8.35. The van der Waals surface area contributed by atoms with Crippen LogP contribution in [0.5, 0.6) is 0 Å². The highest BCUT2D eigenvalue weighted by Crippen LogP contribution is 2.31. The van der Waals surface area contributed by atoms with E-state index < -0.39 is 11.9 Å². The van der Waals surface area contributed by atoms with Crippen LogP contribution in [0.25, 0.3) is 0 Å². The van der Waals surface area contributed by atoms with Crippen LogP contribution in [0.3, 0.4) is 0 Å². The number of anilines is 2. The van der Waals surface area contributed by atoms with Gasteiger partial charge >= 0.3 is 5.97 Å². The first-order chi connectivity index (χ1) is 15.3. The maximum absolute atomic E-state index is 13.2. The van der Waals surface area contributed by atoms with E-state index in [9.17, 15) is 19.5 Å². The molecule has 1 atom stereocenters. The van der Waals surface area contributed by atoms with Crippen LogP contribution in [0.4, 0.5) is 11.4 Å². The fourth-order valence-electron chi connectivity index (χ4n) is 3.69. The second kappa shape index (κ2) is 9.02. The van der Waals surface area contributed by atoms with Gasteiger partial charge in [0, 0.05) is 39.1 Å². The number of carboxylic acid groups (broad SMARTS) is 1. The van der Waals surface area contributed by atoms with Crippen molar-refractivity contribution in [1.29, 1.82) is 0 Å². The highest BCUT2D eigenvalue weighted by molar-refractivity contribution is 6.35. The highest BCUT2D eigenvalue weighted by Gasteiger charge is 2.32. The van der Waals surface area contributed by atoms with Gasteiger partial charge < -0.3 is 15.3 Å². The molecule has 3 aromatic carbocycles. The van der Waals surface area contributed by atoms with Crippen LogP contribution < -0.4 is 10.2 Å². The van der Waals surface area contributed by atoms with E-state index in [1.54, 1.807) is 24.3 Å². The van der Waals surface area contributed by atoms with Crippen molar-refractivity contribution in [2.75, 3.05) is 16.8 Å². The van der Waals surface area contributed by atoms with Gasteiger partial charge in [0.15, 0.2) is 0 Å². The van der Waals surface area contributed by atoms with E-state index in [1.165, 1.54) is 23.1 Å². The number of carbonyl (C=O) groups is 3. The summed E-state index contributed by atoms with van der Waals surface area (Å²) in [5, 5.41) is 12.9. The van der Waals surface area contributed by atoms with E-state index in [4.69, 9.17) is 23.2 Å². The standard InChI is InChI=1S/C24H18Cl2N2O4/c25-18-10-16(11-19(26)12-18)22(29)27-20-7-5-14(6-8-20)23(30)28-13-17(24(31)32)9-15-3-1-2-4-21(15)28/h1-8,10-12,17H,9,13H2,(H,27,29)(H,31,32). The maximum atomic E-state index is 13.2. The number of carbonyl (C=O) groups excluding carboxylic acids is 2. The Morgan fingerprint density at radius 2 is 1.56 bits per heavy atom. The number of para-hydroxylation sites is 1. The van der Waals surface area contributed by atoms with Gasteiger partial charge in [-0.25, -0.2) is 0 Å². The van der Waals surface area contributed by atoms with E-state index >= 15 is 0 Å². The van der Waals surface area contributed by atoms with Gasteiger partial charge in [-0.15, -0.1) is 0 Å². The molecule has 0 radical (unpaired) electrons. The molecule has 1 unspecified atom stereocenters. The van der Waals surface area contributed by atoms with Crippen LogP contribution in [0.15, 0.2) is 66.7 Å². The average Bonchev–Trinajstić information content (AvgIpc) is 2.77. The van der Waals surface area contributed by atoms with Crippen molar-refractivity contribution >= 4 is 52.4 Å². The number of nitrogens with zero attached hydrogens (tertiary/aromatic N) is 1. The Kier molecular flexibility index (Phi) is 6.17. The Hall–Kier alpha value is -3.35. The topological polar surface area (TPSA) is 86.7 Å². The Labute approximate surface area is 194 Å². The molecule has 1 heterocycles. The second-order valence-electron chi connectivity index (χ2n) is 7.47. The van der Waals surface area contributed by atoms with Crippen LogP contribution in [-0.4, -0.2) is 29.4 Å². The number of aliphatic carboxylic acids is 1. The molecule has 2 amide bonds. The minimum atomic E-state index is -0.934. The predicted octanol–water partition coefficient (Wildman–Crippen LogP) is 5.15. The maximum Gasteiger partial charge on any atom is 0.308 e. The molecule has 1 aliphatic rings. The number of fused-ring (bicyclic) bond motifs is 1. The summed E-state index contributed by atoms with van der Waals surface area (Å²) in [5.74, 6) is -2.29. The third kappa shape index (κ3) is 4.61. The lowest BCUT2D eigenvalue weighted by atomic mass is 9.92. The SMILES string of the molecule is O=C(Nc1ccc(C(=O)N2CC(C(=O)O)Cc3ccccc32)cc1)c1cc(Cl)cc(Cl)c1. The highest BCUT2D eigenvalue weighted by atomic mass is 35.5. The quantitative estimate of drug-likeness (QED) is 0.554. The molecule has 0 aromatic heterocycles. The first kappa shape index (κ1) is 21.9. The smallest absolute Gasteiger partial charge is 0.308 e. The molecule has 0 aliphatic carbocycles. The number of nitrogens with one attached hydrogen (secondary N) is 1. The first-order valence-electron chi connectivity index (χ1n) is 9.82. The zero-order valence-corrected chi connectivity index (χ0v) is 18.2. The fraction of sp³-hybridized carbons (Fsp3) is 0.125. The summed E-state index contributed by atoms with van der Waals surface area (Å²) >= 11 is 11.9. The third-order valence-corrected chi connectivity index (χ3v) is 5.70. The van der Waals surface area contributed by atoms with Gasteiger partial charge in [-0.3, -0.25) is 14.4 Å². The summed E-state index contributed by atoms with van der Waals surface area (Å²) in [4.78, 5) is 38.7. The van der Waals surface area contributed by atoms with Crippen LogP contribution in [0.2, 0.25) is 10.0 Å². The van der Waals surface area contributed by atoms with Gasteiger partial charge in [0.25, 0.3) is 11.8 Å². The molecule has 1 aliphatic heterocycles. The van der Waals surface area contributed by atoms with E-state index in [1.807, 2.05) is 24.3 Å². The van der Waals surface area contributed by atoms with Crippen LogP contribution in [0, 0.1) is 5.92 Å². The molecule has 32 heavy (non-hydrogen) atoms. The molecular weight excluding hydrogens is 451 g/mol. The van der Waals surface area contributed by atoms with Gasteiger partial charge in [0.1, 0.15) is 0 Å².